The summed E-state index contributed by atoms with van der Waals surface area (Å²) in [4.78, 5) is 25.4. The first-order valence-electron chi connectivity index (χ1n) is 8.46. The molecular weight excluding hydrogens is 290 g/mol. The van der Waals surface area contributed by atoms with Crippen molar-refractivity contribution in [2.75, 3.05) is 19.7 Å². The van der Waals surface area contributed by atoms with Gasteiger partial charge < -0.3 is 9.64 Å². The Kier molecular flexibility index (Phi) is 6.20. The number of Topliss-reactive ketones (excluding diaryl/α,β-unsaturated/α-hetero) is 1. The van der Waals surface area contributed by atoms with Crippen molar-refractivity contribution in [2.24, 2.45) is 5.92 Å². The van der Waals surface area contributed by atoms with Crippen LogP contribution in [0, 0.1) is 19.8 Å². The van der Waals surface area contributed by atoms with Crippen molar-refractivity contribution in [3.8, 4) is 5.75 Å². The number of ketones is 1. The molecule has 1 aromatic carbocycles. The lowest BCUT2D eigenvalue weighted by atomic mass is 9.93. The molecule has 23 heavy (non-hydrogen) atoms. The average molecular weight is 317 g/mol. The molecule has 1 fully saturated rings. The molecule has 0 atom stereocenters. The van der Waals surface area contributed by atoms with E-state index in [1.165, 1.54) is 0 Å². The van der Waals surface area contributed by atoms with E-state index in [0.717, 1.165) is 36.1 Å². The number of para-hydroxylation sites is 1. The molecule has 0 saturated carbocycles. The van der Waals surface area contributed by atoms with Crippen LogP contribution in [0.25, 0.3) is 0 Å². The molecule has 0 aliphatic carbocycles. The van der Waals surface area contributed by atoms with Crippen molar-refractivity contribution in [1.82, 2.24) is 4.90 Å². The van der Waals surface area contributed by atoms with Crippen LogP contribution >= 0.6 is 0 Å². The number of ether oxygens (including phenoxy) is 1. The number of hydrogen-bond donors (Lipinski definition) is 0. The Hall–Kier alpha value is -1.84. The molecule has 0 spiro atoms. The largest absolute Gasteiger partial charge is 0.493 e. The number of likely N-dealkylation sites (tertiary alicyclic amines) is 1. The van der Waals surface area contributed by atoms with E-state index < -0.39 is 0 Å². The van der Waals surface area contributed by atoms with Crippen LogP contribution in [0.1, 0.15) is 43.7 Å². The van der Waals surface area contributed by atoms with E-state index in [4.69, 9.17) is 4.74 Å². The maximum Gasteiger partial charge on any atom is 0.222 e. The minimum absolute atomic E-state index is 0.145. The summed E-state index contributed by atoms with van der Waals surface area (Å²) in [6.45, 7) is 7.69. The number of carbonyl (C=O) groups excluding carboxylic acids is 2. The lowest BCUT2D eigenvalue weighted by Gasteiger charge is -2.31. The molecule has 1 saturated heterocycles. The van der Waals surface area contributed by atoms with Crippen molar-refractivity contribution in [3.63, 3.8) is 0 Å². The van der Waals surface area contributed by atoms with E-state index in [0.29, 0.717) is 26.1 Å². The van der Waals surface area contributed by atoms with Gasteiger partial charge in [-0.3, -0.25) is 9.59 Å². The number of amides is 1. The molecule has 0 bridgehead atoms. The third-order valence-electron chi connectivity index (χ3n) is 4.61. The third-order valence-corrected chi connectivity index (χ3v) is 4.61. The molecule has 1 aliphatic heterocycles. The topological polar surface area (TPSA) is 46.6 Å². The number of rotatable bonds is 6. The molecule has 126 valence electrons. The van der Waals surface area contributed by atoms with Crippen LogP contribution in [0.5, 0.6) is 5.75 Å². The smallest absolute Gasteiger partial charge is 0.222 e. The Morgan fingerprint density at radius 2 is 1.78 bits per heavy atom. The highest BCUT2D eigenvalue weighted by Crippen LogP contribution is 2.23. The second-order valence-electron chi connectivity index (χ2n) is 6.44. The summed E-state index contributed by atoms with van der Waals surface area (Å²) in [5.74, 6) is 1.50. The Labute approximate surface area is 138 Å². The van der Waals surface area contributed by atoms with Crippen LogP contribution in [-0.2, 0) is 9.59 Å². The summed E-state index contributed by atoms with van der Waals surface area (Å²) in [7, 11) is 0. The van der Waals surface area contributed by atoms with Crippen molar-refractivity contribution < 1.29 is 14.3 Å². The molecule has 1 aromatic rings. The van der Waals surface area contributed by atoms with Gasteiger partial charge in [-0.05, 0) is 51.2 Å². The monoisotopic (exact) mass is 317 g/mol. The van der Waals surface area contributed by atoms with Crippen molar-refractivity contribution in [3.05, 3.63) is 29.3 Å². The minimum Gasteiger partial charge on any atom is -0.493 e. The van der Waals surface area contributed by atoms with E-state index in [9.17, 15) is 9.59 Å². The van der Waals surface area contributed by atoms with Gasteiger partial charge in [0.1, 0.15) is 11.5 Å². The van der Waals surface area contributed by atoms with Crippen molar-refractivity contribution >= 4 is 11.7 Å². The van der Waals surface area contributed by atoms with E-state index in [2.05, 4.69) is 0 Å². The quantitative estimate of drug-likeness (QED) is 0.756. The molecule has 0 N–H and O–H groups in total. The van der Waals surface area contributed by atoms with Crippen LogP contribution in [0.4, 0.5) is 0 Å². The number of nitrogens with zero attached hydrogens (tertiary/aromatic N) is 1. The zero-order chi connectivity index (χ0) is 16.8. The highest BCUT2D eigenvalue weighted by molar-refractivity contribution is 5.79. The Bertz CT molecular complexity index is 539. The van der Waals surface area contributed by atoms with Crippen LogP contribution in [0.2, 0.25) is 0 Å². The van der Waals surface area contributed by atoms with Gasteiger partial charge in [-0.25, -0.2) is 0 Å². The minimum atomic E-state index is 0.145. The summed E-state index contributed by atoms with van der Waals surface area (Å²) >= 11 is 0. The van der Waals surface area contributed by atoms with Crippen LogP contribution in [0.3, 0.4) is 0 Å². The highest BCUT2D eigenvalue weighted by atomic mass is 16.5. The molecule has 1 aliphatic rings. The predicted octanol–water partition coefficient (Wildman–Crippen LogP) is 3.29. The standard InChI is InChI=1S/C19H27NO3/c1-14-6-4-7-15(2)19(14)23-13-5-8-18(22)20-11-9-17(10-12-20)16(3)21/h4,6-7,17H,5,8-13H2,1-3H3. The van der Waals surface area contributed by atoms with Gasteiger partial charge in [-0.1, -0.05) is 18.2 Å². The number of piperidine rings is 1. The first-order chi connectivity index (χ1) is 11.0. The van der Waals surface area contributed by atoms with Crippen molar-refractivity contribution in [2.45, 2.75) is 46.5 Å². The Balaban J connectivity index is 1.70. The van der Waals surface area contributed by atoms with Gasteiger partial charge in [-0.15, -0.1) is 0 Å². The number of benzene rings is 1. The molecule has 1 heterocycles. The molecule has 2 rings (SSSR count). The lowest BCUT2D eigenvalue weighted by Crippen LogP contribution is -2.39. The van der Waals surface area contributed by atoms with E-state index in [-0.39, 0.29) is 17.6 Å². The van der Waals surface area contributed by atoms with Gasteiger partial charge >= 0.3 is 0 Å². The second-order valence-corrected chi connectivity index (χ2v) is 6.44. The molecule has 0 radical (unpaired) electrons. The van der Waals surface area contributed by atoms with Gasteiger partial charge in [0.2, 0.25) is 5.91 Å². The molecule has 0 unspecified atom stereocenters. The normalized spacial score (nSPS) is 15.5. The summed E-state index contributed by atoms with van der Waals surface area (Å²) in [5, 5.41) is 0. The predicted molar refractivity (Wildman–Crippen MR) is 90.6 cm³/mol. The van der Waals surface area contributed by atoms with Crippen LogP contribution < -0.4 is 4.74 Å². The lowest BCUT2D eigenvalue weighted by molar-refractivity contribution is -0.134. The summed E-state index contributed by atoms with van der Waals surface area (Å²) in [6, 6.07) is 6.09. The number of aryl methyl sites for hydroxylation is 2. The first kappa shape index (κ1) is 17.5. The van der Waals surface area contributed by atoms with E-state index in [1.54, 1.807) is 6.92 Å². The zero-order valence-corrected chi connectivity index (χ0v) is 14.4. The molecule has 1 amide bonds. The average Bonchev–Trinajstić information content (AvgIpc) is 2.53. The fourth-order valence-electron chi connectivity index (χ4n) is 3.12. The third kappa shape index (κ3) is 4.81. The zero-order valence-electron chi connectivity index (χ0n) is 14.4. The maximum atomic E-state index is 12.2. The van der Waals surface area contributed by atoms with Crippen LogP contribution in [0.15, 0.2) is 18.2 Å². The SMILES string of the molecule is CC(=O)C1CCN(C(=O)CCCOc2c(C)cccc2C)CC1. The fraction of sp³-hybridized carbons (Fsp3) is 0.579. The van der Waals surface area contributed by atoms with Gasteiger partial charge in [0, 0.05) is 25.4 Å². The summed E-state index contributed by atoms with van der Waals surface area (Å²) in [6.07, 6.45) is 2.84. The Morgan fingerprint density at radius 3 is 2.35 bits per heavy atom. The molecule has 4 nitrogen and oxygen atoms in total. The maximum absolute atomic E-state index is 12.2. The highest BCUT2D eigenvalue weighted by Gasteiger charge is 2.24. The number of carbonyl (C=O) groups is 2. The Morgan fingerprint density at radius 1 is 1.17 bits per heavy atom. The molecule has 4 heteroatoms. The van der Waals surface area contributed by atoms with Crippen molar-refractivity contribution in [1.29, 1.82) is 0 Å². The second kappa shape index (κ2) is 8.14. The summed E-state index contributed by atoms with van der Waals surface area (Å²) < 4.78 is 5.84. The fourth-order valence-corrected chi connectivity index (χ4v) is 3.12. The van der Waals surface area contributed by atoms with Crippen LogP contribution in [-0.4, -0.2) is 36.3 Å². The number of hydrogen-bond acceptors (Lipinski definition) is 3. The van der Waals surface area contributed by atoms with E-state index >= 15 is 0 Å². The summed E-state index contributed by atoms with van der Waals surface area (Å²) in [5.41, 5.74) is 2.25. The van der Waals surface area contributed by atoms with Gasteiger partial charge in [0.05, 0.1) is 6.61 Å². The van der Waals surface area contributed by atoms with Gasteiger partial charge in [-0.2, -0.15) is 0 Å². The first-order valence-corrected chi connectivity index (χ1v) is 8.46. The van der Waals surface area contributed by atoms with Gasteiger partial charge in [0.25, 0.3) is 0 Å². The van der Waals surface area contributed by atoms with Gasteiger partial charge in [0.15, 0.2) is 0 Å². The molecule has 0 aromatic heterocycles. The molecular formula is C19H27NO3. The van der Waals surface area contributed by atoms with E-state index in [1.807, 2.05) is 36.9 Å².